The Morgan fingerprint density at radius 3 is 2.28 bits per heavy atom. The zero-order valence-electron chi connectivity index (χ0n) is 12.8. The molecule has 6 nitrogen and oxygen atoms in total. The fourth-order valence-corrected chi connectivity index (χ4v) is 2.74. The minimum Gasteiger partial charge on any atom is -0.494 e. The summed E-state index contributed by atoms with van der Waals surface area (Å²) in [6.07, 6.45) is 0. The molecular weight excluding hydrogens is 361 g/mol. The molecule has 10 heteroatoms. The van der Waals surface area contributed by atoms with Crippen LogP contribution in [0.2, 0.25) is 0 Å². The summed E-state index contributed by atoms with van der Waals surface area (Å²) in [5.74, 6) is -5.67. The molecule has 0 unspecified atom stereocenters. The summed E-state index contributed by atoms with van der Waals surface area (Å²) in [5.41, 5.74) is 1.94. The minimum absolute atomic E-state index is 0.0944. The Labute approximate surface area is 141 Å². The number of ether oxygens (including phenoxy) is 1. The molecule has 0 radical (unpaired) electrons. The molecule has 134 valence electrons. The van der Waals surface area contributed by atoms with Crippen LogP contribution in [0.5, 0.6) is 5.75 Å². The fourth-order valence-electron chi connectivity index (χ4n) is 1.83. The van der Waals surface area contributed by atoms with Gasteiger partial charge in [0.25, 0.3) is 15.9 Å². The van der Waals surface area contributed by atoms with Crippen molar-refractivity contribution in [1.29, 1.82) is 0 Å². The first-order valence-electron chi connectivity index (χ1n) is 6.94. The van der Waals surface area contributed by atoms with Gasteiger partial charge in [-0.05, 0) is 43.3 Å². The second-order valence-electron chi connectivity index (χ2n) is 4.69. The summed E-state index contributed by atoms with van der Waals surface area (Å²) in [7, 11) is -4.64. The second kappa shape index (κ2) is 7.53. The van der Waals surface area contributed by atoms with Gasteiger partial charge < -0.3 is 4.74 Å². The maximum atomic E-state index is 13.6. The van der Waals surface area contributed by atoms with Crippen LogP contribution < -0.4 is 15.0 Å². The van der Waals surface area contributed by atoms with E-state index >= 15 is 0 Å². The van der Waals surface area contributed by atoms with Gasteiger partial charge in [0.1, 0.15) is 10.6 Å². The van der Waals surface area contributed by atoms with Gasteiger partial charge in [0.15, 0.2) is 17.5 Å². The molecule has 0 heterocycles. The van der Waals surface area contributed by atoms with Gasteiger partial charge in [-0.2, -0.15) is 0 Å². The van der Waals surface area contributed by atoms with Crippen LogP contribution in [-0.2, 0) is 10.0 Å². The van der Waals surface area contributed by atoms with Crippen molar-refractivity contribution in [2.24, 2.45) is 0 Å². The molecule has 1 amide bonds. The standard InChI is InChI=1S/C15H13F3N2O4S/c1-2-24-10-5-3-9(4-6-10)15(21)19-20-25(22,23)12-8-7-11(16)13(17)14(12)18/h3-8,20H,2H2,1H3,(H,19,21). The number of carbonyl (C=O) groups excluding carboxylic acids is 1. The predicted octanol–water partition coefficient (Wildman–Crippen LogP) is 2.13. The van der Waals surface area contributed by atoms with Crippen molar-refractivity contribution in [3.05, 3.63) is 59.4 Å². The first-order valence-corrected chi connectivity index (χ1v) is 8.43. The summed E-state index contributed by atoms with van der Waals surface area (Å²) in [6, 6.07) is 6.77. The lowest BCUT2D eigenvalue weighted by Gasteiger charge is -2.10. The van der Waals surface area contributed by atoms with Crippen LogP contribution in [0.1, 0.15) is 17.3 Å². The first kappa shape index (κ1) is 18.7. The SMILES string of the molecule is CCOc1ccc(C(=O)NNS(=O)(=O)c2ccc(F)c(F)c2F)cc1. The molecule has 25 heavy (non-hydrogen) atoms. The molecular formula is C15H13F3N2O4S. The topological polar surface area (TPSA) is 84.5 Å². The normalized spacial score (nSPS) is 11.2. The molecule has 2 aromatic rings. The lowest BCUT2D eigenvalue weighted by Crippen LogP contribution is -2.41. The summed E-state index contributed by atoms with van der Waals surface area (Å²) in [5, 5.41) is 0. The van der Waals surface area contributed by atoms with Crippen LogP contribution in [0, 0.1) is 17.5 Å². The number of benzene rings is 2. The van der Waals surface area contributed by atoms with Gasteiger partial charge in [-0.15, -0.1) is 4.83 Å². The van der Waals surface area contributed by atoms with Gasteiger partial charge in [0.05, 0.1) is 6.61 Å². The predicted molar refractivity (Wildman–Crippen MR) is 81.7 cm³/mol. The smallest absolute Gasteiger partial charge is 0.266 e. The van der Waals surface area contributed by atoms with Gasteiger partial charge in [-0.3, -0.25) is 10.2 Å². The number of nitrogens with one attached hydrogen (secondary N) is 2. The average Bonchev–Trinajstić information content (AvgIpc) is 2.58. The number of sulfonamides is 1. The number of hydrogen-bond acceptors (Lipinski definition) is 4. The Hall–Kier alpha value is -2.59. The van der Waals surface area contributed by atoms with E-state index < -0.39 is 38.3 Å². The lowest BCUT2D eigenvalue weighted by atomic mass is 10.2. The van der Waals surface area contributed by atoms with E-state index in [-0.39, 0.29) is 5.56 Å². The van der Waals surface area contributed by atoms with Gasteiger partial charge in [-0.25, -0.2) is 21.6 Å². The van der Waals surface area contributed by atoms with Crippen molar-refractivity contribution in [3.8, 4) is 5.75 Å². The van der Waals surface area contributed by atoms with Crippen LogP contribution in [0.3, 0.4) is 0 Å². The Kier molecular flexibility index (Phi) is 5.65. The van der Waals surface area contributed by atoms with Crippen molar-refractivity contribution in [2.45, 2.75) is 11.8 Å². The Morgan fingerprint density at radius 1 is 1.04 bits per heavy atom. The summed E-state index contributed by atoms with van der Waals surface area (Å²) >= 11 is 0. The highest BCUT2D eigenvalue weighted by atomic mass is 32.2. The van der Waals surface area contributed by atoms with Gasteiger partial charge in [0.2, 0.25) is 0 Å². The molecule has 0 saturated carbocycles. The third-order valence-electron chi connectivity index (χ3n) is 3.02. The average molecular weight is 374 g/mol. The monoisotopic (exact) mass is 374 g/mol. The Bertz CT molecular complexity index is 886. The van der Waals surface area contributed by atoms with Gasteiger partial charge in [0, 0.05) is 5.56 Å². The highest BCUT2D eigenvalue weighted by molar-refractivity contribution is 7.89. The van der Waals surface area contributed by atoms with E-state index in [1.54, 1.807) is 11.8 Å². The maximum Gasteiger partial charge on any atom is 0.266 e. The van der Waals surface area contributed by atoms with Crippen molar-refractivity contribution in [3.63, 3.8) is 0 Å². The Balaban J connectivity index is 2.11. The molecule has 2 aromatic carbocycles. The van der Waals surface area contributed by atoms with Crippen molar-refractivity contribution in [1.82, 2.24) is 10.3 Å². The summed E-state index contributed by atoms with van der Waals surface area (Å²) in [4.78, 5) is 12.4. The van der Waals surface area contributed by atoms with Gasteiger partial charge in [-0.1, -0.05) is 0 Å². The minimum atomic E-state index is -4.64. The van der Waals surface area contributed by atoms with Crippen LogP contribution in [0.25, 0.3) is 0 Å². The highest BCUT2D eigenvalue weighted by Crippen LogP contribution is 2.19. The molecule has 0 bridgehead atoms. The molecule has 0 saturated heterocycles. The third kappa shape index (κ3) is 4.28. The molecule has 0 aliphatic carbocycles. The first-order chi connectivity index (χ1) is 11.8. The van der Waals surface area contributed by atoms with E-state index in [1.165, 1.54) is 24.3 Å². The number of carbonyl (C=O) groups is 1. The zero-order chi connectivity index (χ0) is 18.6. The van der Waals surface area contributed by atoms with E-state index in [1.807, 2.05) is 5.43 Å². The lowest BCUT2D eigenvalue weighted by molar-refractivity contribution is 0.0945. The molecule has 0 aliphatic rings. The summed E-state index contributed by atoms with van der Waals surface area (Å²) in [6.45, 7) is 2.22. The molecule has 0 atom stereocenters. The molecule has 0 fully saturated rings. The number of halogens is 3. The Morgan fingerprint density at radius 2 is 1.68 bits per heavy atom. The largest absolute Gasteiger partial charge is 0.494 e. The van der Waals surface area contributed by atoms with Crippen LogP contribution in [0.15, 0.2) is 41.3 Å². The van der Waals surface area contributed by atoms with E-state index in [4.69, 9.17) is 4.74 Å². The van der Waals surface area contributed by atoms with E-state index in [2.05, 4.69) is 0 Å². The number of hydrazine groups is 1. The third-order valence-corrected chi connectivity index (χ3v) is 4.28. The number of hydrogen-bond donors (Lipinski definition) is 2. The second-order valence-corrected chi connectivity index (χ2v) is 6.34. The number of rotatable bonds is 6. The quantitative estimate of drug-likeness (QED) is 0.599. The molecule has 0 aromatic heterocycles. The summed E-state index contributed by atoms with van der Waals surface area (Å²) < 4.78 is 68.6. The van der Waals surface area contributed by atoms with Crippen molar-refractivity contribution < 1.29 is 31.1 Å². The van der Waals surface area contributed by atoms with Crippen LogP contribution in [-0.4, -0.2) is 20.9 Å². The van der Waals surface area contributed by atoms with Crippen LogP contribution >= 0.6 is 0 Å². The number of amides is 1. The zero-order valence-corrected chi connectivity index (χ0v) is 13.7. The van der Waals surface area contributed by atoms with Gasteiger partial charge >= 0.3 is 0 Å². The highest BCUT2D eigenvalue weighted by Gasteiger charge is 2.24. The van der Waals surface area contributed by atoms with Crippen molar-refractivity contribution in [2.75, 3.05) is 6.61 Å². The fraction of sp³-hybridized carbons (Fsp3) is 0.133. The van der Waals surface area contributed by atoms with E-state index in [0.29, 0.717) is 24.5 Å². The molecule has 2 rings (SSSR count). The van der Waals surface area contributed by atoms with E-state index in [0.717, 1.165) is 0 Å². The van der Waals surface area contributed by atoms with Crippen molar-refractivity contribution >= 4 is 15.9 Å². The van der Waals surface area contributed by atoms with Crippen LogP contribution in [0.4, 0.5) is 13.2 Å². The molecule has 0 aliphatic heterocycles. The molecule has 0 spiro atoms. The maximum absolute atomic E-state index is 13.6. The van der Waals surface area contributed by atoms with E-state index in [9.17, 15) is 26.4 Å². The molecule has 2 N–H and O–H groups in total.